The quantitative estimate of drug-likeness (QED) is 0.484. The zero-order chi connectivity index (χ0) is 16.3. The largest absolute Gasteiger partial charge is 0.465 e. The number of allylic oxidation sites excluding steroid dienone is 1. The molecule has 0 aliphatic carbocycles. The van der Waals surface area contributed by atoms with Gasteiger partial charge in [0.25, 0.3) is 5.69 Å². The molecular formula is C17H15NO4. The molecule has 0 aromatic heterocycles. The van der Waals surface area contributed by atoms with Crippen LogP contribution in [0, 0.1) is 10.1 Å². The van der Waals surface area contributed by atoms with Crippen LogP contribution in [0.5, 0.6) is 0 Å². The molecule has 0 saturated heterocycles. The molecule has 5 heteroatoms. The second-order valence-corrected chi connectivity index (χ2v) is 4.84. The molecule has 0 bridgehead atoms. The second-order valence-electron chi connectivity index (χ2n) is 4.84. The first-order valence-electron chi connectivity index (χ1n) is 6.57. The maximum atomic E-state index is 11.4. The number of nitrogens with zero attached hydrogens (tertiary/aromatic N) is 1. The minimum atomic E-state index is -0.421. The first kappa shape index (κ1) is 15.4. The highest BCUT2D eigenvalue weighted by atomic mass is 16.6. The number of carbonyl (C=O) groups is 1. The van der Waals surface area contributed by atoms with Crippen LogP contribution in [0.4, 0.5) is 5.69 Å². The van der Waals surface area contributed by atoms with E-state index < -0.39 is 10.9 Å². The van der Waals surface area contributed by atoms with Crippen molar-refractivity contribution in [2.24, 2.45) is 0 Å². The number of benzene rings is 2. The van der Waals surface area contributed by atoms with Crippen LogP contribution in [-0.2, 0) is 4.74 Å². The second kappa shape index (κ2) is 6.22. The smallest absolute Gasteiger partial charge is 0.337 e. The van der Waals surface area contributed by atoms with Gasteiger partial charge in [-0.2, -0.15) is 0 Å². The summed E-state index contributed by atoms with van der Waals surface area (Å²) in [7, 11) is 1.32. The van der Waals surface area contributed by atoms with E-state index in [2.05, 4.69) is 11.3 Å². The summed E-state index contributed by atoms with van der Waals surface area (Å²) in [6.07, 6.45) is 0. The zero-order valence-corrected chi connectivity index (χ0v) is 12.3. The van der Waals surface area contributed by atoms with E-state index >= 15 is 0 Å². The van der Waals surface area contributed by atoms with Crippen molar-refractivity contribution in [1.29, 1.82) is 0 Å². The molecule has 2 aromatic rings. The van der Waals surface area contributed by atoms with Gasteiger partial charge in [0, 0.05) is 6.07 Å². The number of esters is 1. The summed E-state index contributed by atoms with van der Waals surface area (Å²) in [5, 5.41) is 11.2. The van der Waals surface area contributed by atoms with Gasteiger partial charge in [-0.15, -0.1) is 0 Å². The monoisotopic (exact) mass is 297 g/mol. The Morgan fingerprint density at radius 1 is 1.14 bits per heavy atom. The van der Waals surface area contributed by atoms with E-state index in [0.29, 0.717) is 22.3 Å². The van der Waals surface area contributed by atoms with E-state index in [0.717, 1.165) is 5.56 Å². The average Bonchev–Trinajstić information content (AvgIpc) is 2.53. The molecule has 0 amide bonds. The van der Waals surface area contributed by atoms with Gasteiger partial charge in [0.05, 0.1) is 23.2 Å². The predicted octanol–water partition coefficient (Wildman–Crippen LogP) is 4.08. The van der Waals surface area contributed by atoms with Crippen molar-refractivity contribution >= 4 is 17.2 Å². The zero-order valence-electron chi connectivity index (χ0n) is 12.3. The molecule has 5 nitrogen and oxygen atoms in total. The Balaban J connectivity index is 2.45. The van der Waals surface area contributed by atoms with Crippen molar-refractivity contribution in [3.8, 4) is 11.1 Å². The minimum Gasteiger partial charge on any atom is -0.465 e. The molecule has 0 radical (unpaired) electrons. The molecule has 2 aromatic carbocycles. The van der Waals surface area contributed by atoms with Gasteiger partial charge < -0.3 is 4.74 Å². The van der Waals surface area contributed by atoms with Gasteiger partial charge in [-0.05, 0) is 41.8 Å². The number of ether oxygens (including phenoxy) is 1. The Kier molecular flexibility index (Phi) is 4.36. The Morgan fingerprint density at radius 2 is 1.73 bits per heavy atom. The molecule has 0 aliphatic heterocycles. The van der Waals surface area contributed by atoms with Gasteiger partial charge in [-0.3, -0.25) is 10.1 Å². The lowest BCUT2D eigenvalue weighted by molar-refractivity contribution is -0.385. The number of nitro groups is 1. The molecular weight excluding hydrogens is 282 g/mol. The number of carbonyl (C=O) groups excluding carboxylic acids is 1. The Morgan fingerprint density at radius 3 is 2.23 bits per heavy atom. The van der Waals surface area contributed by atoms with Crippen LogP contribution < -0.4 is 0 Å². The molecule has 22 heavy (non-hydrogen) atoms. The van der Waals surface area contributed by atoms with Gasteiger partial charge in [0.1, 0.15) is 0 Å². The Bertz CT molecular complexity index is 748. The molecule has 112 valence electrons. The molecule has 2 rings (SSSR count). The van der Waals surface area contributed by atoms with Gasteiger partial charge in [-0.1, -0.05) is 24.8 Å². The van der Waals surface area contributed by atoms with Crippen LogP contribution >= 0.6 is 0 Å². The number of nitro benzene ring substituents is 1. The van der Waals surface area contributed by atoms with Crippen LogP contribution in [0.25, 0.3) is 16.7 Å². The van der Waals surface area contributed by atoms with E-state index in [4.69, 9.17) is 0 Å². The van der Waals surface area contributed by atoms with Crippen LogP contribution in [0.1, 0.15) is 22.8 Å². The first-order chi connectivity index (χ1) is 10.4. The van der Waals surface area contributed by atoms with Gasteiger partial charge in [-0.25, -0.2) is 4.79 Å². The summed E-state index contributed by atoms with van der Waals surface area (Å²) in [5.41, 5.74) is 3.08. The third kappa shape index (κ3) is 3.03. The van der Waals surface area contributed by atoms with E-state index in [-0.39, 0.29) is 5.69 Å². The van der Waals surface area contributed by atoms with Crippen molar-refractivity contribution in [2.45, 2.75) is 6.92 Å². The predicted molar refractivity (Wildman–Crippen MR) is 84.6 cm³/mol. The van der Waals surface area contributed by atoms with Gasteiger partial charge in [0.2, 0.25) is 0 Å². The van der Waals surface area contributed by atoms with Crippen molar-refractivity contribution in [3.63, 3.8) is 0 Å². The number of hydrogen-bond acceptors (Lipinski definition) is 4. The van der Waals surface area contributed by atoms with E-state index in [1.54, 1.807) is 43.3 Å². The summed E-state index contributed by atoms with van der Waals surface area (Å²) in [5.74, 6) is -0.421. The maximum absolute atomic E-state index is 11.4. The molecule has 0 saturated carbocycles. The molecule has 0 fully saturated rings. The number of rotatable bonds is 4. The lowest BCUT2D eigenvalue weighted by atomic mass is 9.99. The van der Waals surface area contributed by atoms with Gasteiger partial charge >= 0.3 is 5.97 Å². The summed E-state index contributed by atoms with van der Waals surface area (Å²) in [4.78, 5) is 22.2. The fourth-order valence-corrected chi connectivity index (χ4v) is 2.14. The summed E-state index contributed by atoms with van der Waals surface area (Å²) in [6.45, 7) is 5.48. The maximum Gasteiger partial charge on any atom is 0.337 e. The average molecular weight is 297 g/mol. The lowest BCUT2D eigenvalue weighted by Gasteiger charge is -2.07. The highest BCUT2D eigenvalue weighted by Crippen LogP contribution is 2.30. The third-order valence-electron chi connectivity index (χ3n) is 3.29. The topological polar surface area (TPSA) is 69.4 Å². The summed E-state index contributed by atoms with van der Waals surface area (Å²) in [6, 6.07) is 11.7. The van der Waals surface area contributed by atoms with Crippen molar-refractivity contribution < 1.29 is 14.5 Å². The van der Waals surface area contributed by atoms with Crippen LogP contribution in [0.15, 0.2) is 49.0 Å². The summed E-state index contributed by atoms with van der Waals surface area (Å²) >= 11 is 0. The fourth-order valence-electron chi connectivity index (χ4n) is 2.14. The molecule has 0 atom stereocenters. The Labute approximate surface area is 128 Å². The Hall–Kier alpha value is -2.95. The molecule has 0 N–H and O–H groups in total. The standard InChI is InChI=1S/C17H15NO4/c1-11(2)15-9-8-14(10-16(15)18(20)21)12-4-6-13(7-5-12)17(19)22-3/h4-10H,1H2,2-3H3. The normalized spacial score (nSPS) is 10.1. The van der Waals surface area contributed by atoms with E-state index in [9.17, 15) is 14.9 Å². The minimum absolute atomic E-state index is 0.0158. The van der Waals surface area contributed by atoms with E-state index in [1.165, 1.54) is 13.2 Å². The molecule has 0 unspecified atom stereocenters. The van der Waals surface area contributed by atoms with E-state index in [1.807, 2.05) is 0 Å². The van der Waals surface area contributed by atoms with Crippen molar-refractivity contribution in [3.05, 3.63) is 70.3 Å². The highest BCUT2D eigenvalue weighted by molar-refractivity contribution is 5.90. The molecule has 0 spiro atoms. The fraction of sp³-hybridized carbons (Fsp3) is 0.118. The SMILES string of the molecule is C=C(C)c1ccc(-c2ccc(C(=O)OC)cc2)cc1[N+](=O)[O-]. The van der Waals surface area contributed by atoms with Crippen LogP contribution in [-0.4, -0.2) is 18.0 Å². The number of methoxy groups -OCH3 is 1. The lowest BCUT2D eigenvalue weighted by Crippen LogP contribution is -2.00. The first-order valence-corrected chi connectivity index (χ1v) is 6.57. The van der Waals surface area contributed by atoms with Crippen molar-refractivity contribution in [1.82, 2.24) is 0 Å². The molecule has 0 aliphatic rings. The van der Waals surface area contributed by atoms with Crippen molar-refractivity contribution in [2.75, 3.05) is 7.11 Å². The highest BCUT2D eigenvalue weighted by Gasteiger charge is 2.15. The summed E-state index contributed by atoms with van der Waals surface area (Å²) < 4.78 is 4.64. The number of hydrogen-bond donors (Lipinski definition) is 0. The van der Waals surface area contributed by atoms with Crippen LogP contribution in [0.2, 0.25) is 0 Å². The van der Waals surface area contributed by atoms with Crippen LogP contribution in [0.3, 0.4) is 0 Å². The van der Waals surface area contributed by atoms with Gasteiger partial charge in [0.15, 0.2) is 0 Å². The molecule has 0 heterocycles. The third-order valence-corrected chi connectivity index (χ3v) is 3.29.